The number of hydrogen-bond donors (Lipinski definition) is 5. The van der Waals surface area contributed by atoms with E-state index in [1.807, 2.05) is 73.9 Å². The molecule has 85 heavy (non-hydrogen) atoms. The molecule has 9 aromatic rings. The molecule has 9 rings (SSSR count). The van der Waals surface area contributed by atoms with Gasteiger partial charge in [-0.1, -0.05) is 204 Å². The predicted molar refractivity (Wildman–Crippen MR) is 343 cm³/mol. The number of hydrazine groups is 2. The number of anilines is 1. The monoisotopic (exact) mass is 1320 g/mol. The normalized spacial score (nSPS) is 10.6. The fourth-order valence-corrected chi connectivity index (χ4v) is 9.37. The minimum Gasteiger partial charge on any atom is -0.398 e. The number of nitrogens with two attached hydrogens (primary N) is 2. The van der Waals surface area contributed by atoms with Gasteiger partial charge < -0.3 is 10.3 Å². The molecule has 7 N–H and O–H groups in total. The maximum atomic E-state index is 11.2. The van der Waals surface area contributed by atoms with Crippen molar-refractivity contribution >= 4 is 23.4 Å². The number of aromatic nitrogens is 6. The van der Waals surface area contributed by atoms with Gasteiger partial charge in [0.05, 0.1) is 11.5 Å². The molecule has 2 aromatic heterocycles. The zero-order valence-corrected chi connectivity index (χ0v) is 54.4. The molecule has 1 radical (unpaired) electrons. The average Bonchev–Trinajstić information content (AvgIpc) is 2.15. The van der Waals surface area contributed by atoms with E-state index in [0.29, 0.717) is 46.6 Å². The summed E-state index contributed by atoms with van der Waals surface area (Å²) in [4.78, 5) is 32.5. The van der Waals surface area contributed by atoms with Crippen LogP contribution in [0.4, 0.5) is 5.69 Å². The number of para-hydroxylation sites is 3. The Morgan fingerprint density at radius 3 is 1.15 bits per heavy atom. The van der Waals surface area contributed by atoms with Gasteiger partial charge in [0, 0.05) is 55.1 Å². The summed E-state index contributed by atoms with van der Waals surface area (Å²) in [6.45, 7) is 32.0. The first-order valence-electron chi connectivity index (χ1n) is 28.8. The Kier molecular flexibility index (Phi) is 27.5. The Hall–Kier alpha value is -8.36. The number of nitrogens with zero attached hydrogens (tertiary/aromatic N) is 6. The first kappa shape index (κ1) is 69.1. The molecular weight excluding hydrogens is 1240 g/mol. The molecule has 14 nitrogen and oxygen atoms in total. The van der Waals surface area contributed by atoms with Gasteiger partial charge in [-0.2, -0.15) is 5.10 Å². The smallest absolute Gasteiger partial charge is 0.269 e. The van der Waals surface area contributed by atoms with Crippen molar-refractivity contribution in [1.82, 2.24) is 45.8 Å². The number of carbonyl (C=O) groups is 3. The number of amides is 3. The molecule has 2 heterocycles. The van der Waals surface area contributed by atoms with E-state index in [0.717, 1.165) is 40.1 Å². The largest absolute Gasteiger partial charge is 0.398 e. The van der Waals surface area contributed by atoms with Crippen LogP contribution in [0.25, 0.3) is 34.2 Å². The summed E-state index contributed by atoms with van der Waals surface area (Å²) in [5.41, 5.74) is 27.0. The molecule has 0 aliphatic rings. The van der Waals surface area contributed by atoms with Gasteiger partial charge in [0.1, 0.15) is 11.6 Å². The van der Waals surface area contributed by atoms with E-state index in [9.17, 15) is 14.4 Å². The first-order valence-corrected chi connectivity index (χ1v) is 28.8. The van der Waals surface area contributed by atoms with Gasteiger partial charge in [-0.3, -0.25) is 35.2 Å². The fourth-order valence-electron chi connectivity index (χ4n) is 9.37. The summed E-state index contributed by atoms with van der Waals surface area (Å²) >= 11 is 0. The van der Waals surface area contributed by atoms with Crippen LogP contribution in [0.15, 0.2) is 170 Å². The Labute approximate surface area is 518 Å². The molecule has 0 saturated heterocycles. The molecule has 0 aliphatic heterocycles. The fraction of sp³-hybridized carbons (Fsp3) is 0.300. The van der Waals surface area contributed by atoms with E-state index >= 15 is 0 Å². The molecule has 15 heteroatoms. The molecule has 0 aliphatic carbocycles. The van der Waals surface area contributed by atoms with E-state index in [1.165, 1.54) is 51.7 Å². The summed E-state index contributed by atoms with van der Waals surface area (Å²) in [6.07, 6.45) is 0. The molecule has 0 spiro atoms. The van der Waals surface area contributed by atoms with Crippen molar-refractivity contribution in [3.05, 3.63) is 232 Å². The van der Waals surface area contributed by atoms with Crippen LogP contribution in [-0.2, 0) is 24.9 Å². The van der Waals surface area contributed by atoms with Crippen LogP contribution in [0, 0.1) is 19.9 Å². The Bertz CT molecular complexity index is 3280. The quantitative estimate of drug-likeness (QED) is 0.0259. The van der Waals surface area contributed by atoms with Gasteiger partial charge in [0.2, 0.25) is 5.91 Å². The van der Waals surface area contributed by atoms with Crippen LogP contribution in [0.3, 0.4) is 0 Å². The van der Waals surface area contributed by atoms with E-state index < -0.39 is 0 Å². The van der Waals surface area contributed by atoms with Crippen LogP contribution in [0.1, 0.15) is 191 Å². The second-order valence-electron chi connectivity index (χ2n) is 22.1. The molecule has 0 fully saturated rings. The number of rotatable bonds is 12. The third-order valence-electron chi connectivity index (χ3n) is 13.7. The van der Waals surface area contributed by atoms with Gasteiger partial charge in [0.15, 0.2) is 5.82 Å². The van der Waals surface area contributed by atoms with Crippen molar-refractivity contribution in [2.75, 3.05) is 5.73 Å². The maximum absolute atomic E-state index is 11.2. The molecule has 449 valence electrons. The number of hydrogen-bond acceptors (Lipinski definition) is 9. The van der Waals surface area contributed by atoms with Gasteiger partial charge in [-0.25, -0.2) is 5.84 Å². The van der Waals surface area contributed by atoms with Crippen molar-refractivity contribution < 1.29 is 34.5 Å². The number of benzene rings is 7. The molecule has 0 atom stereocenters. The van der Waals surface area contributed by atoms with E-state index in [1.54, 1.807) is 48.5 Å². The molecule has 0 unspecified atom stereocenters. The van der Waals surface area contributed by atoms with Crippen molar-refractivity contribution in [1.29, 1.82) is 0 Å². The van der Waals surface area contributed by atoms with Crippen LogP contribution in [0.2, 0.25) is 0 Å². The van der Waals surface area contributed by atoms with Gasteiger partial charge >= 0.3 is 0 Å². The third kappa shape index (κ3) is 19.1. The standard InChI is InChI=1S/C21H25N3.C21H24N3.C12H19N.C9H10N2O2.C7H8N2O.Ir/c2*1-14(2)18-12-9-13-19(15(3)4)20(18)24-16(5)22-23-21(24)17-10-7-6-8-11-17;1-8(2)10-6-5-7-11(9(3)4)12(10)13;1-7(12)10-11-9(13)8-5-3-2-4-6-8;8-9-7(10)6-4-2-1-3-5-6;/h6-15H,1-5H3;6-10,12-15H,1-5H3;5-9H,13H2,1-4H3;2-6H,1H3,(H,10,12)(H,11,13);1-5H,8H2,(H,9,10);/q;-1;;;;. The minimum absolute atomic E-state index is 0. The van der Waals surface area contributed by atoms with E-state index in [2.05, 4.69) is 196 Å². The molecule has 7 aromatic carbocycles. The number of nitrogen functional groups attached to an aromatic ring is 2. The number of aryl methyl sites for hydroxylation is 2. The average molecular weight is 1320 g/mol. The van der Waals surface area contributed by atoms with Crippen LogP contribution < -0.4 is 27.9 Å². The predicted octanol–water partition coefficient (Wildman–Crippen LogP) is 15.0. The molecular formula is C70H86IrN11O3-. The second kappa shape index (κ2) is 33.8. The van der Waals surface area contributed by atoms with Gasteiger partial charge in [-0.15, -0.1) is 51.2 Å². The van der Waals surface area contributed by atoms with Crippen LogP contribution in [0.5, 0.6) is 0 Å². The first-order chi connectivity index (χ1) is 40.1. The molecule has 3 amide bonds. The van der Waals surface area contributed by atoms with E-state index in [4.69, 9.17) is 11.6 Å². The van der Waals surface area contributed by atoms with Crippen LogP contribution >= 0.6 is 0 Å². The molecule has 0 bridgehead atoms. The second-order valence-corrected chi connectivity index (χ2v) is 22.1. The Balaban J connectivity index is 0.000000237. The van der Waals surface area contributed by atoms with Crippen molar-refractivity contribution in [3.63, 3.8) is 0 Å². The van der Waals surface area contributed by atoms with E-state index in [-0.39, 0.29) is 37.8 Å². The zero-order chi connectivity index (χ0) is 61.6. The summed E-state index contributed by atoms with van der Waals surface area (Å²) in [7, 11) is 0. The maximum Gasteiger partial charge on any atom is 0.269 e. The topological polar surface area (TPSA) is 201 Å². The number of carbonyl (C=O) groups excluding carboxylic acids is 3. The Morgan fingerprint density at radius 2 is 0.788 bits per heavy atom. The van der Waals surface area contributed by atoms with Gasteiger partial charge in [-0.05, 0) is 107 Å². The third-order valence-corrected chi connectivity index (χ3v) is 13.7. The van der Waals surface area contributed by atoms with Crippen molar-refractivity contribution in [2.24, 2.45) is 5.84 Å². The molecule has 0 saturated carbocycles. The summed E-state index contributed by atoms with van der Waals surface area (Å²) < 4.78 is 4.41. The van der Waals surface area contributed by atoms with Gasteiger partial charge in [0.25, 0.3) is 11.8 Å². The summed E-state index contributed by atoms with van der Waals surface area (Å²) in [5.74, 6) is 10.3. The Morgan fingerprint density at radius 1 is 0.435 bits per heavy atom. The SMILES string of the molecule is CC(=O)NNC(=O)c1ccccc1.CC(C)c1cccc(C(C)C)c1N.Cc1nnc(-c2[c-]cccc2)n1-c1c(C(C)C)cccc1C(C)C.Cc1nnc(-c2ccccc2)n1-c1c(C(C)C)cccc1C(C)C.NNC(=O)c1ccccc1.[Ir]. The summed E-state index contributed by atoms with van der Waals surface area (Å²) in [5, 5.41) is 17.7. The van der Waals surface area contributed by atoms with Crippen molar-refractivity contribution in [3.8, 4) is 34.2 Å². The summed E-state index contributed by atoms with van der Waals surface area (Å²) in [6, 6.07) is 58.5. The minimum atomic E-state index is -0.323. The zero-order valence-electron chi connectivity index (χ0n) is 52.0. The van der Waals surface area contributed by atoms with Crippen LogP contribution in [-0.4, -0.2) is 47.3 Å². The van der Waals surface area contributed by atoms with Crippen molar-refractivity contribution in [2.45, 2.75) is 139 Å². The number of nitrogens with one attached hydrogen (secondary N) is 3.